The van der Waals surface area contributed by atoms with Crippen molar-refractivity contribution in [1.29, 1.82) is 0 Å². The topological polar surface area (TPSA) is 177 Å². The second kappa shape index (κ2) is 15.1. The Kier molecular flexibility index (Phi) is 10.1. The minimum absolute atomic E-state index is 0.0569. The van der Waals surface area contributed by atoms with E-state index >= 15 is 0 Å². The summed E-state index contributed by atoms with van der Waals surface area (Å²) in [6, 6.07) is 5.65. The van der Waals surface area contributed by atoms with Crippen LogP contribution >= 0.6 is 0 Å². The van der Waals surface area contributed by atoms with Crippen LogP contribution < -0.4 is 5.32 Å². The van der Waals surface area contributed by atoms with Gasteiger partial charge in [-0.25, -0.2) is 4.79 Å². The molecule has 1 aromatic carbocycles. The van der Waals surface area contributed by atoms with Crippen LogP contribution in [-0.2, 0) is 27.4 Å². The van der Waals surface area contributed by atoms with E-state index in [2.05, 4.69) is 29.3 Å². The summed E-state index contributed by atoms with van der Waals surface area (Å²) in [5.41, 5.74) is -5.69. The molecule has 8 saturated carbocycles. The number of rotatable bonds is 4. The second-order valence-electron chi connectivity index (χ2n) is 23.8. The van der Waals surface area contributed by atoms with E-state index in [1.807, 2.05) is 25.2 Å². The molecule has 10 nitrogen and oxygen atoms in total. The van der Waals surface area contributed by atoms with Gasteiger partial charge in [-0.05, 0) is 148 Å². The quantitative estimate of drug-likeness (QED) is 0.0890. The van der Waals surface area contributed by atoms with Crippen LogP contribution in [0.2, 0.25) is 0 Å². The summed E-state index contributed by atoms with van der Waals surface area (Å²) in [7, 11) is 1.92. The standard InChI is InChI=1S/C55H71NO9/c1-56-43-25-37-32(13-8-15-34(37)28-57)12-4-5-20-51-21-17-44-52(30-58)29-50(18-6-7-19-50)48(60)41-23-33-14-9-16-36(31-10-2-3-11-31)38(33)24-42(54(41,52)63)49(61)55(44,64)53(51,62)27-35-22-39(43)47-40(46(35)51)26-45(59)65-47/h8-9,13-15,26,30-31,33,35-36,38-39,41-44,46-49,56-57,60-64H,2-3,5-7,10-11,16-25,27-29H2,1H3. The molecule has 1 heterocycles. The van der Waals surface area contributed by atoms with Gasteiger partial charge in [-0.2, -0.15) is 0 Å². The SMILES string of the molecule is CNC1Cc2c(cccc2CO)C#CCCC23CCC4C5(C=O)CC6(CCCC6)C(O)C6CC7C=CCC(C8CCCC8)C7CC(C(O)C4(O)C2(O)CC2CC1C1OC(=O)C=C1C23)C65O. The summed E-state index contributed by atoms with van der Waals surface area (Å²) in [4.78, 5) is 28.4. The minimum atomic E-state index is -2.20. The Morgan fingerprint density at radius 1 is 0.892 bits per heavy atom. The van der Waals surface area contributed by atoms with Crippen LogP contribution in [0.25, 0.3) is 0 Å². The first-order chi connectivity index (χ1) is 31.3. The Morgan fingerprint density at radius 3 is 2.43 bits per heavy atom. The van der Waals surface area contributed by atoms with Gasteiger partial charge in [0.1, 0.15) is 23.6 Å². The van der Waals surface area contributed by atoms with Crippen molar-refractivity contribution >= 4 is 12.3 Å². The number of likely N-dealkylation sites (N-methyl/N-ethyl adjacent to an activating group) is 1. The van der Waals surface area contributed by atoms with Crippen LogP contribution in [-0.4, -0.2) is 91.1 Å². The summed E-state index contributed by atoms with van der Waals surface area (Å²) in [6.45, 7) is -0.128. The maximum Gasteiger partial charge on any atom is 0.331 e. The molecule has 350 valence electrons. The van der Waals surface area contributed by atoms with Crippen molar-refractivity contribution in [3.63, 3.8) is 0 Å². The molecule has 65 heavy (non-hydrogen) atoms. The number of hydrogen-bond donors (Lipinski definition) is 7. The fourth-order valence-electron chi connectivity index (χ4n) is 19.8. The van der Waals surface area contributed by atoms with Gasteiger partial charge < -0.3 is 45.5 Å². The molecule has 1 aromatic rings. The molecule has 4 bridgehead atoms. The number of hydrogen-bond acceptors (Lipinski definition) is 10. The Labute approximate surface area is 384 Å². The molecular formula is C55H71NO9. The predicted molar refractivity (Wildman–Crippen MR) is 241 cm³/mol. The number of carbonyl (C=O) groups excluding carboxylic acids is 2. The number of ether oxygens (including phenoxy) is 1. The Bertz CT molecular complexity index is 2250. The van der Waals surface area contributed by atoms with Gasteiger partial charge in [0.2, 0.25) is 0 Å². The molecule has 0 aromatic heterocycles. The largest absolute Gasteiger partial charge is 0.454 e. The van der Waals surface area contributed by atoms with Gasteiger partial charge in [0, 0.05) is 53.2 Å². The minimum Gasteiger partial charge on any atom is -0.454 e. The van der Waals surface area contributed by atoms with Crippen molar-refractivity contribution < 1.29 is 45.0 Å². The Hall–Kier alpha value is -2.88. The third kappa shape index (κ3) is 5.44. The number of benzene rings is 1. The number of aldehydes is 1. The average Bonchev–Trinajstić information content (AvgIpc) is 4.12. The summed E-state index contributed by atoms with van der Waals surface area (Å²) in [5, 5.41) is 83.8. The molecule has 7 N–H and O–H groups in total. The lowest BCUT2D eigenvalue weighted by molar-refractivity contribution is -0.383. The molecule has 0 amide bonds. The van der Waals surface area contributed by atoms with Crippen LogP contribution in [0, 0.1) is 87.3 Å². The monoisotopic (exact) mass is 890 g/mol. The number of aliphatic hydroxyl groups excluding tert-OH is 3. The van der Waals surface area contributed by atoms with Crippen molar-refractivity contribution in [1.82, 2.24) is 5.32 Å². The van der Waals surface area contributed by atoms with E-state index in [-0.39, 0.29) is 61.5 Å². The predicted octanol–water partition coefficient (Wildman–Crippen LogP) is 5.46. The highest BCUT2D eigenvalue weighted by atomic mass is 16.5. The molecule has 11 aliphatic carbocycles. The van der Waals surface area contributed by atoms with Crippen LogP contribution in [0.5, 0.6) is 0 Å². The number of allylic oxidation sites excluding steroid dienone is 2. The van der Waals surface area contributed by atoms with E-state index in [0.717, 1.165) is 73.5 Å². The van der Waals surface area contributed by atoms with Crippen LogP contribution in [0.4, 0.5) is 0 Å². The highest BCUT2D eigenvalue weighted by Gasteiger charge is 2.86. The van der Waals surface area contributed by atoms with Gasteiger partial charge in [0.05, 0.1) is 29.8 Å². The first-order valence-electron chi connectivity index (χ1n) is 25.8. The first kappa shape index (κ1) is 43.4. The van der Waals surface area contributed by atoms with Gasteiger partial charge in [-0.3, -0.25) is 0 Å². The van der Waals surface area contributed by atoms with Gasteiger partial charge in [0.15, 0.2) is 0 Å². The normalized spacial score (nSPS) is 50.1. The van der Waals surface area contributed by atoms with Gasteiger partial charge in [-0.15, -0.1) is 0 Å². The van der Waals surface area contributed by atoms with Gasteiger partial charge in [-0.1, -0.05) is 74.7 Å². The molecule has 1 aliphatic heterocycles. The lowest BCUT2D eigenvalue weighted by atomic mass is 9.33. The number of fused-ring (bicyclic) bond motifs is 7. The molecule has 10 heteroatoms. The van der Waals surface area contributed by atoms with E-state index in [0.29, 0.717) is 56.8 Å². The molecule has 0 saturated heterocycles. The molecule has 12 aliphatic rings. The van der Waals surface area contributed by atoms with Crippen molar-refractivity contribution in [3.05, 3.63) is 58.7 Å². The van der Waals surface area contributed by atoms with Crippen LogP contribution in [0.1, 0.15) is 132 Å². The average molecular weight is 890 g/mol. The zero-order chi connectivity index (χ0) is 44.9. The molecule has 2 spiro atoms. The summed E-state index contributed by atoms with van der Waals surface area (Å²) >= 11 is 0. The molecule has 0 radical (unpaired) electrons. The zero-order valence-corrected chi connectivity index (χ0v) is 38.2. The molecule has 18 unspecified atom stereocenters. The molecule has 13 rings (SSSR count). The number of carbonyl (C=O) groups is 2. The summed E-state index contributed by atoms with van der Waals surface area (Å²) < 4.78 is 6.29. The van der Waals surface area contributed by atoms with Crippen LogP contribution in [0.15, 0.2) is 42.0 Å². The van der Waals surface area contributed by atoms with E-state index in [1.165, 1.54) is 12.8 Å². The van der Waals surface area contributed by atoms with E-state index in [4.69, 9.17) is 4.74 Å². The fourth-order valence-corrected chi connectivity index (χ4v) is 19.8. The highest BCUT2D eigenvalue weighted by Crippen LogP contribution is 2.79. The van der Waals surface area contributed by atoms with Gasteiger partial charge >= 0.3 is 5.97 Å². The maximum absolute atomic E-state index is 14.8. The molecule has 8 fully saturated rings. The number of esters is 1. The van der Waals surface area contributed by atoms with Gasteiger partial charge in [0.25, 0.3) is 0 Å². The summed E-state index contributed by atoms with van der Waals surface area (Å²) in [6.07, 6.45) is 17.1. The van der Waals surface area contributed by atoms with Crippen molar-refractivity contribution in [2.24, 2.45) is 75.4 Å². The Balaban J connectivity index is 1.05. The third-order valence-corrected chi connectivity index (χ3v) is 22.1. The highest BCUT2D eigenvalue weighted by molar-refractivity contribution is 5.86. The van der Waals surface area contributed by atoms with E-state index in [1.54, 1.807) is 6.08 Å². The fraction of sp³-hybridized carbons (Fsp3) is 0.745. The summed E-state index contributed by atoms with van der Waals surface area (Å²) in [5.74, 6) is 4.15. The number of nitrogens with one attached hydrogen (secondary N) is 1. The zero-order valence-electron chi connectivity index (χ0n) is 38.2. The van der Waals surface area contributed by atoms with E-state index in [9.17, 15) is 40.2 Å². The second-order valence-corrected chi connectivity index (χ2v) is 23.8. The van der Waals surface area contributed by atoms with Crippen molar-refractivity contribution in [2.75, 3.05) is 7.05 Å². The van der Waals surface area contributed by atoms with Crippen molar-refractivity contribution in [2.45, 2.75) is 170 Å². The first-order valence-corrected chi connectivity index (χ1v) is 25.8. The lowest BCUT2D eigenvalue weighted by Crippen LogP contribution is -2.86. The number of aliphatic hydroxyl groups is 6. The lowest BCUT2D eigenvalue weighted by Gasteiger charge is -2.74. The smallest absolute Gasteiger partial charge is 0.331 e. The van der Waals surface area contributed by atoms with Crippen LogP contribution in [0.3, 0.4) is 0 Å². The molecule has 18 atom stereocenters. The third-order valence-electron chi connectivity index (χ3n) is 22.1. The maximum atomic E-state index is 14.8. The van der Waals surface area contributed by atoms with E-state index < -0.39 is 75.1 Å². The Morgan fingerprint density at radius 2 is 1.68 bits per heavy atom. The molecular weight excluding hydrogens is 819 g/mol. The van der Waals surface area contributed by atoms with Crippen molar-refractivity contribution in [3.8, 4) is 11.8 Å².